The molecular formula is C23H19F4N5. The van der Waals surface area contributed by atoms with Crippen molar-refractivity contribution in [2.45, 2.75) is 38.1 Å². The van der Waals surface area contributed by atoms with Gasteiger partial charge in [-0.3, -0.25) is 0 Å². The molecule has 5 nitrogen and oxygen atoms in total. The first-order valence-electron chi connectivity index (χ1n) is 10.0. The van der Waals surface area contributed by atoms with E-state index in [2.05, 4.69) is 15.3 Å². The number of nitrogens with one attached hydrogen (secondary N) is 1. The Morgan fingerprint density at radius 1 is 1.00 bits per heavy atom. The van der Waals surface area contributed by atoms with Crippen molar-refractivity contribution in [1.82, 2.24) is 9.97 Å². The lowest BCUT2D eigenvalue weighted by Crippen LogP contribution is -2.27. The summed E-state index contributed by atoms with van der Waals surface area (Å²) in [6.07, 6.45) is -1.42. The van der Waals surface area contributed by atoms with Gasteiger partial charge in [0, 0.05) is 19.1 Å². The minimum absolute atomic E-state index is 0.0393. The van der Waals surface area contributed by atoms with Crippen LogP contribution in [0.2, 0.25) is 0 Å². The van der Waals surface area contributed by atoms with Crippen molar-refractivity contribution >= 4 is 11.6 Å². The fourth-order valence-corrected chi connectivity index (χ4v) is 3.33. The van der Waals surface area contributed by atoms with Gasteiger partial charge < -0.3 is 10.2 Å². The molecule has 1 aliphatic carbocycles. The molecule has 1 heterocycles. The summed E-state index contributed by atoms with van der Waals surface area (Å²) in [6, 6.07) is 13.9. The molecule has 1 saturated carbocycles. The van der Waals surface area contributed by atoms with Gasteiger partial charge in [0.15, 0.2) is 11.6 Å². The van der Waals surface area contributed by atoms with Crippen molar-refractivity contribution in [1.29, 1.82) is 5.26 Å². The normalized spacial score (nSPS) is 13.5. The predicted octanol–water partition coefficient (Wildman–Crippen LogP) is 5.29. The molecule has 1 aromatic heterocycles. The highest BCUT2D eigenvalue weighted by Crippen LogP contribution is 2.35. The van der Waals surface area contributed by atoms with E-state index in [0.717, 1.165) is 30.5 Å². The third-order valence-electron chi connectivity index (χ3n) is 5.21. The quantitative estimate of drug-likeness (QED) is 0.505. The SMILES string of the molecule is N#Cc1ccc(CNc2ncnc(N(Cc3ccc(C(F)(F)F)cc3)C3CC3)c2F)cc1. The van der Waals surface area contributed by atoms with Crippen molar-refractivity contribution < 1.29 is 17.6 Å². The van der Waals surface area contributed by atoms with Crippen LogP contribution in [-0.2, 0) is 19.3 Å². The third kappa shape index (κ3) is 4.97. The predicted molar refractivity (Wildman–Crippen MR) is 111 cm³/mol. The van der Waals surface area contributed by atoms with Gasteiger partial charge in [0.05, 0.1) is 17.2 Å². The number of benzene rings is 2. The van der Waals surface area contributed by atoms with E-state index in [1.807, 2.05) is 6.07 Å². The molecule has 0 spiro atoms. The minimum Gasteiger partial charge on any atom is -0.363 e. The molecule has 1 aliphatic rings. The van der Waals surface area contributed by atoms with E-state index in [1.165, 1.54) is 18.5 Å². The van der Waals surface area contributed by atoms with Crippen molar-refractivity contribution in [3.63, 3.8) is 0 Å². The zero-order chi connectivity index (χ0) is 22.7. The number of rotatable bonds is 7. The number of alkyl halides is 3. The second-order valence-electron chi connectivity index (χ2n) is 7.58. The average molecular weight is 441 g/mol. The molecule has 0 bridgehead atoms. The number of nitriles is 1. The first-order valence-corrected chi connectivity index (χ1v) is 10.0. The van der Waals surface area contributed by atoms with Gasteiger partial charge in [0.2, 0.25) is 5.82 Å². The molecule has 0 aliphatic heterocycles. The van der Waals surface area contributed by atoms with Crippen LogP contribution in [0.1, 0.15) is 35.1 Å². The summed E-state index contributed by atoms with van der Waals surface area (Å²) in [5, 5.41) is 11.8. The van der Waals surface area contributed by atoms with Gasteiger partial charge in [0.1, 0.15) is 6.33 Å². The molecular weight excluding hydrogens is 422 g/mol. The van der Waals surface area contributed by atoms with Gasteiger partial charge in [-0.15, -0.1) is 0 Å². The second-order valence-corrected chi connectivity index (χ2v) is 7.58. The zero-order valence-corrected chi connectivity index (χ0v) is 16.9. The van der Waals surface area contributed by atoms with Crippen molar-refractivity contribution in [2.75, 3.05) is 10.2 Å². The molecule has 0 unspecified atom stereocenters. The number of aromatic nitrogens is 2. The topological polar surface area (TPSA) is 64.8 Å². The fraction of sp³-hybridized carbons (Fsp3) is 0.261. The molecule has 4 rings (SSSR count). The van der Waals surface area contributed by atoms with Crippen LogP contribution in [0.25, 0.3) is 0 Å². The molecule has 0 saturated heterocycles. The molecule has 0 amide bonds. The van der Waals surface area contributed by atoms with E-state index in [9.17, 15) is 13.2 Å². The number of halogens is 4. The lowest BCUT2D eigenvalue weighted by Gasteiger charge is -2.24. The van der Waals surface area contributed by atoms with Crippen molar-refractivity contribution in [2.24, 2.45) is 0 Å². The average Bonchev–Trinajstić information content (AvgIpc) is 3.62. The van der Waals surface area contributed by atoms with Crippen LogP contribution < -0.4 is 10.2 Å². The van der Waals surface area contributed by atoms with E-state index in [4.69, 9.17) is 5.26 Å². The summed E-state index contributed by atoms with van der Waals surface area (Å²) in [4.78, 5) is 9.88. The fourth-order valence-electron chi connectivity index (χ4n) is 3.33. The van der Waals surface area contributed by atoms with Gasteiger partial charge in [0.25, 0.3) is 0 Å². The second kappa shape index (κ2) is 8.83. The van der Waals surface area contributed by atoms with Gasteiger partial charge in [-0.2, -0.15) is 22.8 Å². The van der Waals surface area contributed by atoms with Crippen LogP contribution in [0.5, 0.6) is 0 Å². The number of anilines is 2. The lowest BCUT2D eigenvalue weighted by molar-refractivity contribution is -0.137. The number of nitrogens with zero attached hydrogens (tertiary/aromatic N) is 4. The Bertz CT molecular complexity index is 1120. The van der Waals surface area contributed by atoms with E-state index < -0.39 is 17.6 Å². The van der Waals surface area contributed by atoms with Crippen LogP contribution >= 0.6 is 0 Å². The highest BCUT2D eigenvalue weighted by Gasteiger charge is 2.33. The highest BCUT2D eigenvalue weighted by molar-refractivity contribution is 5.53. The maximum atomic E-state index is 15.2. The largest absolute Gasteiger partial charge is 0.416 e. The van der Waals surface area contributed by atoms with E-state index >= 15 is 4.39 Å². The van der Waals surface area contributed by atoms with Crippen LogP contribution in [0, 0.1) is 17.1 Å². The minimum atomic E-state index is -4.40. The Kier molecular flexibility index (Phi) is 5.95. The molecule has 1 N–H and O–H groups in total. The molecule has 2 aromatic carbocycles. The van der Waals surface area contributed by atoms with Crippen LogP contribution in [0.15, 0.2) is 54.9 Å². The summed E-state index contributed by atoms with van der Waals surface area (Å²) in [5.41, 5.74) is 1.30. The van der Waals surface area contributed by atoms with E-state index in [-0.39, 0.29) is 24.2 Å². The standard InChI is InChI=1S/C23H19F4N5/c24-20-21(29-12-16-3-1-15(11-28)2-4-16)30-14-31-22(20)32(19-9-10-19)13-17-5-7-18(8-6-17)23(25,26)27/h1-8,14,19H,9-10,12-13H2,(H,29,30,31). The Labute approximate surface area is 182 Å². The molecule has 9 heteroatoms. The Morgan fingerprint density at radius 2 is 1.66 bits per heavy atom. The van der Waals surface area contributed by atoms with E-state index in [1.54, 1.807) is 29.2 Å². The summed E-state index contributed by atoms with van der Waals surface area (Å²) < 4.78 is 53.7. The van der Waals surface area contributed by atoms with E-state index in [0.29, 0.717) is 17.7 Å². The highest BCUT2D eigenvalue weighted by atomic mass is 19.4. The molecule has 3 aromatic rings. The van der Waals surface area contributed by atoms with Gasteiger partial charge in [-0.1, -0.05) is 24.3 Å². The molecule has 32 heavy (non-hydrogen) atoms. The summed E-state index contributed by atoms with van der Waals surface area (Å²) in [5.74, 6) is -0.456. The third-order valence-corrected chi connectivity index (χ3v) is 5.21. The lowest BCUT2D eigenvalue weighted by atomic mass is 10.1. The van der Waals surface area contributed by atoms with Crippen molar-refractivity contribution in [3.05, 3.63) is 82.9 Å². The maximum Gasteiger partial charge on any atom is 0.416 e. The molecule has 164 valence electrons. The zero-order valence-electron chi connectivity index (χ0n) is 16.9. The Balaban J connectivity index is 1.51. The van der Waals surface area contributed by atoms with Gasteiger partial charge >= 0.3 is 6.18 Å². The monoisotopic (exact) mass is 441 g/mol. The molecule has 0 atom stereocenters. The van der Waals surface area contributed by atoms with Gasteiger partial charge in [-0.05, 0) is 48.2 Å². The Morgan fingerprint density at radius 3 is 2.25 bits per heavy atom. The molecule has 1 fully saturated rings. The molecule has 0 radical (unpaired) electrons. The van der Waals surface area contributed by atoms with Crippen molar-refractivity contribution in [3.8, 4) is 6.07 Å². The number of hydrogen-bond donors (Lipinski definition) is 1. The summed E-state index contributed by atoms with van der Waals surface area (Å²) in [7, 11) is 0. The number of hydrogen-bond acceptors (Lipinski definition) is 5. The first kappa shape index (κ1) is 21.6. The van der Waals surface area contributed by atoms with Crippen LogP contribution in [0.3, 0.4) is 0 Å². The van der Waals surface area contributed by atoms with Gasteiger partial charge in [-0.25, -0.2) is 9.97 Å². The first-order chi connectivity index (χ1) is 15.3. The van der Waals surface area contributed by atoms with Crippen LogP contribution in [0.4, 0.5) is 29.2 Å². The Hall–Kier alpha value is -3.67. The smallest absolute Gasteiger partial charge is 0.363 e. The van der Waals surface area contributed by atoms with Crippen LogP contribution in [-0.4, -0.2) is 16.0 Å². The summed E-state index contributed by atoms with van der Waals surface area (Å²) >= 11 is 0. The maximum absolute atomic E-state index is 15.2. The summed E-state index contributed by atoms with van der Waals surface area (Å²) in [6.45, 7) is 0.549.